The normalized spacial score (nSPS) is 12.5. The Morgan fingerprint density at radius 2 is 1.03 bits per heavy atom. The standard InChI is InChI=1S/C28H36O3P/c1-20-14-16-25(23(18-20)27(3,4)5)30-32(29,22-12-10-9-11-13-22)31-26-17-15-21(2)19-24(26)28(6,7)8/h9-19,29H,1-8H3/q+1. The largest absolute Gasteiger partial charge is 0.533 e. The molecule has 3 aromatic carbocycles. The number of hydrogen-bond acceptors (Lipinski definition) is 3. The fraction of sp³-hybridized carbons (Fsp3) is 0.357. The van der Waals surface area contributed by atoms with Crippen LogP contribution in [-0.4, -0.2) is 4.89 Å². The van der Waals surface area contributed by atoms with Gasteiger partial charge in [-0.25, -0.2) is 0 Å². The summed E-state index contributed by atoms with van der Waals surface area (Å²) in [7, 11) is -3.49. The van der Waals surface area contributed by atoms with E-state index in [1.807, 2.05) is 54.6 Å². The minimum absolute atomic E-state index is 0.150. The van der Waals surface area contributed by atoms with Gasteiger partial charge in [-0.1, -0.05) is 95.1 Å². The van der Waals surface area contributed by atoms with Crippen molar-refractivity contribution in [2.75, 3.05) is 0 Å². The van der Waals surface area contributed by atoms with Gasteiger partial charge < -0.3 is 0 Å². The number of benzene rings is 3. The Bertz CT molecular complexity index is 1010. The maximum Gasteiger partial charge on any atom is 0.533 e. The van der Waals surface area contributed by atoms with E-state index in [-0.39, 0.29) is 10.8 Å². The molecule has 170 valence electrons. The van der Waals surface area contributed by atoms with Crippen LogP contribution < -0.4 is 14.4 Å². The Labute approximate surface area is 194 Å². The molecular formula is C28H36O3P+. The third-order valence-electron chi connectivity index (χ3n) is 5.41. The molecule has 0 aromatic heterocycles. The van der Waals surface area contributed by atoms with E-state index < -0.39 is 7.94 Å². The zero-order valence-electron chi connectivity index (χ0n) is 20.6. The van der Waals surface area contributed by atoms with E-state index in [2.05, 4.69) is 67.5 Å². The number of rotatable bonds is 5. The molecule has 0 fully saturated rings. The van der Waals surface area contributed by atoms with Gasteiger partial charge in [-0.05, 0) is 48.9 Å². The third-order valence-corrected chi connectivity index (χ3v) is 7.25. The monoisotopic (exact) mass is 451 g/mol. The lowest BCUT2D eigenvalue weighted by atomic mass is 9.85. The molecule has 0 amide bonds. The Hall–Kier alpha value is -2.35. The average molecular weight is 452 g/mol. The summed E-state index contributed by atoms with van der Waals surface area (Å²) in [4.78, 5) is 12.0. The van der Waals surface area contributed by atoms with Crippen molar-refractivity contribution < 1.29 is 13.9 Å². The van der Waals surface area contributed by atoms with Crippen LogP contribution in [0.1, 0.15) is 63.8 Å². The summed E-state index contributed by atoms with van der Waals surface area (Å²) in [5.41, 5.74) is 4.08. The van der Waals surface area contributed by atoms with Gasteiger partial charge in [0.15, 0.2) is 11.5 Å². The lowest BCUT2D eigenvalue weighted by Gasteiger charge is -2.27. The maximum atomic E-state index is 12.0. The predicted octanol–water partition coefficient (Wildman–Crippen LogP) is 7.44. The molecule has 0 aliphatic heterocycles. The zero-order valence-corrected chi connectivity index (χ0v) is 21.5. The third kappa shape index (κ3) is 5.52. The second-order valence-electron chi connectivity index (χ2n) is 10.5. The summed E-state index contributed by atoms with van der Waals surface area (Å²) in [6.45, 7) is 17.0. The minimum Gasteiger partial charge on any atom is -0.273 e. The van der Waals surface area contributed by atoms with Gasteiger partial charge in [-0.15, -0.1) is 0 Å². The van der Waals surface area contributed by atoms with Crippen LogP contribution in [-0.2, 0) is 10.8 Å². The van der Waals surface area contributed by atoms with Gasteiger partial charge in [0.05, 0.1) is 0 Å². The summed E-state index contributed by atoms with van der Waals surface area (Å²) >= 11 is 0. The Morgan fingerprint density at radius 1 is 0.625 bits per heavy atom. The van der Waals surface area contributed by atoms with Crippen LogP contribution >= 0.6 is 7.94 Å². The molecule has 3 rings (SSSR count). The van der Waals surface area contributed by atoms with Crippen LogP contribution in [0.5, 0.6) is 11.5 Å². The van der Waals surface area contributed by atoms with Gasteiger partial charge in [-0.2, -0.15) is 4.89 Å². The van der Waals surface area contributed by atoms with E-state index >= 15 is 0 Å². The van der Waals surface area contributed by atoms with Gasteiger partial charge in [0.1, 0.15) is 0 Å². The van der Waals surface area contributed by atoms with Crippen LogP contribution in [0.25, 0.3) is 0 Å². The molecule has 4 heteroatoms. The molecule has 0 heterocycles. The lowest BCUT2D eigenvalue weighted by molar-refractivity contribution is 0.352. The van der Waals surface area contributed by atoms with Crippen LogP contribution in [0.15, 0.2) is 66.7 Å². The van der Waals surface area contributed by atoms with Crippen molar-refractivity contribution >= 4 is 13.2 Å². The van der Waals surface area contributed by atoms with E-state index in [4.69, 9.17) is 9.05 Å². The molecular weight excluding hydrogens is 415 g/mol. The minimum atomic E-state index is -3.49. The molecule has 0 unspecified atom stereocenters. The summed E-state index contributed by atoms with van der Waals surface area (Å²) < 4.78 is 12.9. The van der Waals surface area contributed by atoms with Crippen molar-refractivity contribution in [3.63, 3.8) is 0 Å². The van der Waals surface area contributed by atoms with Gasteiger partial charge in [-0.3, -0.25) is 9.05 Å². The van der Waals surface area contributed by atoms with Crippen molar-refractivity contribution in [2.24, 2.45) is 0 Å². The van der Waals surface area contributed by atoms with Crippen molar-refractivity contribution in [1.29, 1.82) is 0 Å². The zero-order chi connectivity index (χ0) is 23.7. The molecule has 0 radical (unpaired) electrons. The second kappa shape index (κ2) is 8.89. The molecule has 0 bridgehead atoms. The predicted molar refractivity (Wildman–Crippen MR) is 136 cm³/mol. The molecule has 3 aromatic rings. The number of hydrogen-bond donors (Lipinski definition) is 1. The summed E-state index contributed by atoms with van der Waals surface area (Å²) in [5.74, 6) is 1.29. The Morgan fingerprint density at radius 3 is 1.41 bits per heavy atom. The van der Waals surface area contributed by atoms with Crippen LogP contribution in [0.4, 0.5) is 0 Å². The lowest BCUT2D eigenvalue weighted by Crippen LogP contribution is -2.24. The van der Waals surface area contributed by atoms with Gasteiger partial charge in [0.25, 0.3) is 0 Å². The van der Waals surface area contributed by atoms with Crippen molar-refractivity contribution in [2.45, 2.75) is 66.2 Å². The first kappa shape index (κ1) is 24.3. The smallest absolute Gasteiger partial charge is 0.273 e. The topological polar surface area (TPSA) is 38.7 Å². The first-order valence-electron chi connectivity index (χ1n) is 11.1. The molecule has 0 saturated carbocycles. The first-order valence-corrected chi connectivity index (χ1v) is 12.7. The van der Waals surface area contributed by atoms with Crippen molar-refractivity contribution in [1.82, 2.24) is 0 Å². The first-order chi connectivity index (χ1) is 14.8. The molecule has 3 nitrogen and oxygen atoms in total. The fourth-order valence-electron chi connectivity index (χ4n) is 3.63. The molecule has 0 atom stereocenters. The van der Waals surface area contributed by atoms with E-state index in [0.29, 0.717) is 16.8 Å². The molecule has 0 spiro atoms. The maximum absolute atomic E-state index is 12.0. The molecule has 1 N–H and O–H groups in total. The quantitative estimate of drug-likeness (QED) is 0.410. The molecule has 0 saturated heterocycles. The summed E-state index contributed by atoms with van der Waals surface area (Å²) in [6, 6.07) is 21.6. The van der Waals surface area contributed by atoms with E-state index in [1.54, 1.807) is 0 Å². The van der Waals surface area contributed by atoms with E-state index in [0.717, 1.165) is 22.3 Å². The highest BCUT2D eigenvalue weighted by molar-refractivity contribution is 7.69. The molecule has 32 heavy (non-hydrogen) atoms. The highest BCUT2D eigenvalue weighted by Crippen LogP contribution is 2.57. The summed E-state index contributed by atoms with van der Waals surface area (Å²) in [6.07, 6.45) is 0. The van der Waals surface area contributed by atoms with Crippen LogP contribution in [0, 0.1) is 13.8 Å². The van der Waals surface area contributed by atoms with Gasteiger partial charge in [0.2, 0.25) is 5.30 Å². The Kier molecular flexibility index (Phi) is 6.75. The van der Waals surface area contributed by atoms with Crippen LogP contribution in [0.2, 0.25) is 0 Å². The molecule has 0 aliphatic rings. The van der Waals surface area contributed by atoms with Crippen molar-refractivity contribution in [3.8, 4) is 11.5 Å². The van der Waals surface area contributed by atoms with Crippen molar-refractivity contribution in [3.05, 3.63) is 89.0 Å². The van der Waals surface area contributed by atoms with Gasteiger partial charge >= 0.3 is 7.94 Å². The van der Waals surface area contributed by atoms with Crippen LogP contribution in [0.3, 0.4) is 0 Å². The van der Waals surface area contributed by atoms with Gasteiger partial charge in [0, 0.05) is 11.1 Å². The Balaban J connectivity index is 2.14. The highest BCUT2D eigenvalue weighted by atomic mass is 31.2. The van der Waals surface area contributed by atoms with E-state index in [9.17, 15) is 4.89 Å². The highest BCUT2D eigenvalue weighted by Gasteiger charge is 2.49. The SMILES string of the molecule is Cc1ccc(O[P+](O)(Oc2ccc(C)cc2C(C)(C)C)c2ccccc2)c(C(C)(C)C)c1. The second-order valence-corrected chi connectivity index (χ2v) is 12.5. The number of aryl methyl sites for hydroxylation is 2. The summed E-state index contributed by atoms with van der Waals surface area (Å²) in [5, 5.41) is 0.640. The fourth-order valence-corrected chi connectivity index (χ4v) is 5.27. The molecule has 0 aliphatic carbocycles. The average Bonchev–Trinajstić information content (AvgIpc) is 2.70. The van der Waals surface area contributed by atoms with E-state index in [1.165, 1.54) is 0 Å².